The fourth-order valence-electron chi connectivity index (χ4n) is 6.99. The van der Waals surface area contributed by atoms with Crippen LogP contribution < -0.4 is 4.90 Å². The Kier molecular flexibility index (Phi) is 5.64. The summed E-state index contributed by atoms with van der Waals surface area (Å²) in [6.45, 7) is 16.4. The van der Waals surface area contributed by atoms with Crippen molar-refractivity contribution in [3.63, 3.8) is 0 Å². The van der Waals surface area contributed by atoms with E-state index in [0.29, 0.717) is 0 Å². The average molecular weight is 520 g/mol. The summed E-state index contributed by atoms with van der Waals surface area (Å²) in [7, 11) is 0. The molecule has 0 radical (unpaired) electrons. The Hall–Kier alpha value is -3.03. The number of nitrogens with zero attached hydrogens (tertiary/aromatic N) is 1. The number of anilines is 3. The van der Waals surface area contributed by atoms with Crippen LogP contribution in [-0.2, 0) is 16.2 Å². The largest absolute Gasteiger partial charge is 0.310 e. The summed E-state index contributed by atoms with van der Waals surface area (Å²) in [4.78, 5) is 2.45. The summed E-state index contributed by atoms with van der Waals surface area (Å²) in [5.74, 6) is 0. The molecular weight excluding hydrogens is 482 g/mol. The lowest BCUT2D eigenvalue weighted by atomic mass is 9.63. The standard InChI is InChI=1S/C36H38ClN/c1-23-19-24(37)21-26(20-23)38(25-15-16-30-31(22-25)35(4,5)18-17-34(30,2)3)32-14-10-12-28-27-11-8-9-13-29(27)36(6,7)33(28)32/h8-16,19-22H,17-18H2,1-7H3. The SMILES string of the molecule is Cc1cc(Cl)cc(N(c2ccc3c(c2)C(C)(C)CCC3(C)C)c2cccc3c2C(C)(C)c2ccccc2-3)c1. The molecule has 0 aliphatic heterocycles. The molecule has 38 heavy (non-hydrogen) atoms. The second-order valence-electron chi connectivity index (χ2n) is 13.2. The van der Waals surface area contributed by atoms with Crippen LogP contribution in [-0.4, -0.2) is 0 Å². The Bertz CT molecular complexity index is 1550. The normalized spacial score (nSPS) is 17.9. The molecule has 0 unspecified atom stereocenters. The summed E-state index contributed by atoms with van der Waals surface area (Å²) in [6.07, 6.45) is 2.40. The van der Waals surface area contributed by atoms with Crippen LogP contribution in [0.25, 0.3) is 11.1 Å². The molecule has 194 valence electrons. The van der Waals surface area contributed by atoms with E-state index in [2.05, 4.69) is 126 Å². The molecule has 0 aromatic heterocycles. The van der Waals surface area contributed by atoms with E-state index in [1.807, 2.05) is 6.07 Å². The zero-order valence-corrected chi connectivity index (χ0v) is 24.5. The Morgan fingerprint density at radius 1 is 0.632 bits per heavy atom. The highest BCUT2D eigenvalue weighted by molar-refractivity contribution is 6.31. The third-order valence-electron chi connectivity index (χ3n) is 9.18. The highest BCUT2D eigenvalue weighted by Crippen LogP contribution is 2.55. The number of halogens is 1. The molecule has 0 spiro atoms. The molecule has 0 amide bonds. The Morgan fingerprint density at radius 2 is 1.32 bits per heavy atom. The minimum atomic E-state index is -0.121. The van der Waals surface area contributed by atoms with Gasteiger partial charge in [-0.3, -0.25) is 0 Å². The van der Waals surface area contributed by atoms with Gasteiger partial charge in [-0.25, -0.2) is 0 Å². The number of rotatable bonds is 3. The molecule has 0 heterocycles. The van der Waals surface area contributed by atoms with Gasteiger partial charge in [-0.15, -0.1) is 0 Å². The van der Waals surface area contributed by atoms with E-state index in [9.17, 15) is 0 Å². The van der Waals surface area contributed by atoms with Crippen molar-refractivity contribution in [1.29, 1.82) is 0 Å². The van der Waals surface area contributed by atoms with Crippen molar-refractivity contribution in [3.8, 4) is 11.1 Å². The van der Waals surface area contributed by atoms with Crippen LogP contribution in [0.1, 0.15) is 82.2 Å². The van der Waals surface area contributed by atoms with E-state index in [-0.39, 0.29) is 16.2 Å². The second-order valence-corrected chi connectivity index (χ2v) is 13.6. The monoisotopic (exact) mass is 519 g/mol. The summed E-state index contributed by atoms with van der Waals surface area (Å²) in [5.41, 5.74) is 13.2. The molecule has 0 atom stereocenters. The first-order valence-electron chi connectivity index (χ1n) is 13.9. The summed E-state index contributed by atoms with van der Waals surface area (Å²) >= 11 is 6.69. The summed E-state index contributed by atoms with van der Waals surface area (Å²) in [6, 6.07) is 29.2. The molecule has 4 aromatic rings. The quantitative estimate of drug-likeness (QED) is 0.260. The first-order valence-corrected chi connectivity index (χ1v) is 14.2. The first-order chi connectivity index (χ1) is 17.9. The molecule has 1 nitrogen and oxygen atoms in total. The van der Waals surface area contributed by atoms with Crippen LogP contribution in [0.15, 0.2) is 78.9 Å². The molecule has 2 aliphatic carbocycles. The molecule has 0 saturated carbocycles. The number of fused-ring (bicyclic) bond motifs is 4. The molecule has 6 rings (SSSR count). The predicted molar refractivity (Wildman–Crippen MR) is 164 cm³/mol. The smallest absolute Gasteiger partial charge is 0.0508 e. The fourth-order valence-corrected chi connectivity index (χ4v) is 7.28. The topological polar surface area (TPSA) is 3.24 Å². The van der Waals surface area contributed by atoms with Crippen molar-refractivity contribution < 1.29 is 0 Å². The van der Waals surface area contributed by atoms with Gasteiger partial charge in [0.1, 0.15) is 0 Å². The minimum absolute atomic E-state index is 0.121. The van der Waals surface area contributed by atoms with Crippen LogP contribution in [0.5, 0.6) is 0 Å². The molecular formula is C36H38ClN. The van der Waals surface area contributed by atoms with Crippen molar-refractivity contribution in [2.75, 3.05) is 4.90 Å². The molecule has 4 aromatic carbocycles. The maximum Gasteiger partial charge on any atom is 0.0508 e. The molecule has 2 heteroatoms. The van der Waals surface area contributed by atoms with Crippen molar-refractivity contribution in [3.05, 3.63) is 112 Å². The zero-order valence-electron chi connectivity index (χ0n) is 23.7. The highest BCUT2D eigenvalue weighted by Gasteiger charge is 2.40. The van der Waals surface area contributed by atoms with Gasteiger partial charge in [0.2, 0.25) is 0 Å². The lowest BCUT2D eigenvalue weighted by Gasteiger charge is -2.42. The zero-order chi connectivity index (χ0) is 27.0. The van der Waals surface area contributed by atoms with Gasteiger partial charge >= 0.3 is 0 Å². The van der Waals surface area contributed by atoms with Gasteiger partial charge < -0.3 is 4.90 Å². The number of benzene rings is 4. The Labute approximate surface area is 233 Å². The summed E-state index contributed by atoms with van der Waals surface area (Å²) < 4.78 is 0. The lowest BCUT2D eigenvalue weighted by molar-refractivity contribution is 0.332. The molecule has 0 fully saturated rings. The van der Waals surface area contributed by atoms with E-state index in [1.54, 1.807) is 0 Å². The molecule has 0 saturated heterocycles. The Morgan fingerprint density at radius 3 is 2.05 bits per heavy atom. The van der Waals surface area contributed by atoms with E-state index >= 15 is 0 Å². The third-order valence-corrected chi connectivity index (χ3v) is 9.40. The number of hydrogen-bond acceptors (Lipinski definition) is 1. The van der Waals surface area contributed by atoms with Crippen molar-refractivity contribution in [2.45, 2.75) is 77.6 Å². The Balaban J connectivity index is 1.64. The number of aryl methyl sites for hydroxylation is 1. The van der Waals surface area contributed by atoms with Crippen LogP contribution in [0.2, 0.25) is 5.02 Å². The highest BCUT2D eigenvalue weighted by atomic mass is 35.5. The average Bonchev–Trinajstić information content (AvgIpc) is 3.09. The van der Waals surface area contributed by atoms with Gasteiger partial charge in [0.25, 0.3) is 0 Å². The maximum atomic E-state index is 6.69. The third kappa shape index (κ3) is 3.82. The van der Waals surface area contributed by atoms with Crippen LogP contribution in [0.4, 0.5) is 17.1 Å². The molecule has 0 N–H and O–H groups in total. The second kappa shape index (κ2) is 8.48. The molecule has 0 bridgehead atoms. The predicted octanol–water partition coefficient (Wildman–Crippen LogP) is 10.8. The van der Waals surface area contributed by atoms with E-state index in [0.717, 1.165) is 16.3 Å². The fraction of sp³-hybridized carbons (Fsp3) is 0.333. The van der Waals surface area contributed by atoms with Gasteiger partial charge in [0.05, 0.1) is 5.69 Å². The first kappa shape index (κ1) is 25.3. The van der Waals surface area contributed by atoms with Crippen molar-refractivity contribution in [2.24, 2.45) is 0 Å². The van der Waals surface area contributed by atoms with Crippen molar-refractivity contribution in [1.82, 2.24) is 0 Å². The van der Waals surface area contributed by atoms with Gasteiger partial charge in [-0.2, -0.15) is 0 Å². The number of hydrogen-bond donors (Lipinski definition) is 0. The van der Waals surface area contributed by atoms with Crippen LogP contribution in [0, 0.1) is 6.92 Å². The lowest BCUT2D eigenvalue weighted by Crippen LogP contribution is -2.34. The van der Waals surface area contributed by atoms with Crippen LogP contribution >= 0.6 is 11.6 Å². The van der Waals surface area contributed by atoms with Gasteiger partial charge in [-0.05, 0) is 106 Å². The van der Waals surface area contributed by atoms with E-state index in [4.69, 9.17) is 11.6 Å². The van der Waals surface area contributed by atoms with Gasteiger partial charge in [-0.1, -0.05) is 95.6 Å². The molecule has 2 aliphatic rings. The van der Waals surface area contributed by atoms with Gasteiger partial charge in [0.15, 0.2) is 0 Å². The van der Waals surface area contributed by atoms with E-state index < -0.39 is 0 Å². The van der Waals surface area contributed by atoms with E-state index in [1.165, 1.54) is 57.6 Å². The maximum absolute atomic E-state index is 6.69. The van der Waals surface area contributed by atoms with Crippen molar-refractivity contribution >= 4 is 28.7 Å². The van der Waals surface area contributed by atoms with Gasteiger partial charge in [0, 0.05) is 21.8 Å². The summed E-state index contributed by atoms with van der Waals surface area (Å²) in [5, 5.41) is 0.763. The van der Waals surface area contributed by atoms with Crippen LogP contribution in [0.3, 0.4) is 0 Å². The minimum Gasteiger partial charge on any atom is -0.310 e.